The Morgan fingerprint density at radius 2 is 2.21 bits per heavy atom. The fourth-order valence-electron chi connectivity index (χ4n) is 2.20. The Balaban J connectivity index is 1.86. The summed E-state index contributed by atoms with van der Waals surface area (Å²) in [5.74, 6) is -0.00727. The number of hydrogen-bond donors (Lipinski definition) is 1. The van der Waals surface area contributed by atoms with Crippen LogP contribution in [0.25, 0.3) is 10.3 Å². The van der Waals surface area contributed by atoms with Gasteiger partial charge in [0, 0.05) is 32.4 Å². The van der Waals surface area contributed by atoms with Crippen molar-refractivity contribution in [1.29, 1.82) is 0 Å². The van der Waals surface area contributed by atoms with Gasteiger partial charge in [0.25, 0.3) is 0 Å². The van der Waals surface area contributed by atoms with E-state index in [0.29, 0.717) is 17.9 Å². The van der Waals surface area contributed by atoms with Crippen molar-refractivity contribution in [2.75, 3.05) is 26.2 Å². The monoisotopic (exact) mass is 278 g/mol. The molecule has 0 saturated carbocycles. The number of aromatic nitrogens is 2. The van der Waals surface area contributed by atoms with Gasteiger partial charge in [0.05, 0.1) is 5.52 Å². The fourth-order valence-corrected chi connectivity index (χ4v) is 3.04. The molecule has 1 N–H and O–H groups in total. The molecule has 100 valence electrons. The Kier molecular flexibility index (Phi) is 3.31. The van der Waals surface area contributed by atoms with E-state index in [1.54, 1.807) is 17.2 Å². The molecule has 0 spiro atoms. The number of pyridine rings is 1. The minimum absolute atomic E-state index is 0.00727. The Labute approximate surface area is 113 Å². The molecule has 0 aliphatic carbocycles. The van der Waals surface area contributed by atoms with Gasteiger partial charge >= 0.3 is 4.87 Å². The number of nitrogens with zero attached hydrogens (tertiary/aromatic N) is 3. The summed E-state index contributed by atoms with van der Waals surface area (Å²) in [5.41, 5.74) is 0.737. The second kappa shape index (κ2) is 5.10. The zero-order chi connectivity index (χ0) is 13.2. The molecule has 0 radical (unpaired) electrons. The Morgan fingerprint density at radius 3 is 3.00 bits per heavy atom. The molecule has 2 aromatic rings. The molecule has 3 heterocycles. The lowest BCUT2D eigenvalue weighted by molar-refractivity contribution is -0.132. The third-order valence-corrected chi connectivity index (χ3v) is 4.11. The lowest BCUT2D eigenvalue weighted by atomic mass is 10.3. The minimum atomic E-state index is -0.128. The largest absolute Gasteiger partial charge is 0.339 e. The van der Waals surface area contributed by atoms with E-state index in [1.165, 1.54) is 4.57 Å². The second-order valence-electron chi connectivity index (χ2n) is 4.41. The van der Waals surface area contributed by atoms with Crippen LogP contribution in [-0.4, -0.2) is 46.5 Å². The van der Waals surface area contributed by atoms with Gasteiger partial charge in [-0.3, -0.25) is 14.2 Å². The van der Waals surface area contributed by atoms with Crippen LogP contribution in [0.5, 0.6) is 0 Å². The summed E-state index contributed by atoms with van der Waals surface area (Å²) in [5, 5.41) is 3.20. The first-order chi connectivity index (χ1) is 9.25. The fraction of sp³-hybridized carbons (Fsp3) is 0.417. The molecule has 2 aromatic heterocycles. The minimum Gasteiger partial charge on any atom is -0.339 e. The van der Waals surface area contributed by atoms with Crippen LogP contribution in [0.4, 0.5) is 0 Å². The van der Waals surface area contributed by atoms with Crippen LogP contribution in [0.2, 0.25) is 0 Å². The summed E-state index contributed by atoms with van der Waals surface area (Å²) < 4.78 is 1.51. The third-order valence-electron chi connectivity index (χ3n) is 3.21. The van der Waals surface area contributed by atoms with E-state index >= 15 is 0 Å². The average molecular weight is 278 g/mol. The number of fused-ring (bicyclic) bond motifs is 1. The molecule has 1 saturated heterocycles. The van der Waals surface area contributed by atoms with E-state index < -0.39 is 0 Å². The van der Waals surface area contributed by atoms with Crippen molar-refractivity contribution < 1.29 is 4.79 Å². The van der Waals surface area contributed by atoms with Gasteiger partial charge in [0.15, 0.2) is 0 Å². The van der Waals surface area contributed by atoms with Crippen molar-refractivity contribution in [2.45, 2.75) is 6.54 Å². The molecule has 3 rings (SSSR count). The zero-order valence-electron chi connectivity index (χ0n) is 10.3. The molecule has 6 nitrogen and oxygen atoms in total. The van der Waals surface area contributed by atoms with Crippen LogP contribution in [0, 0.1) is 0 Å². The number of hydrogen-bond acceptors (Lipinski definition) is 5. The van der Waals surface area contributed by atoms with Gasteiger partial charge in [-0.05, 0) is 12.1 Å². The number of carbonyl (C=O) groups is 1. The van der Waals surface area contributed by atoms with Gasteiger partial charge in [0.2, 0.25) is 5.91 Å². The van der Waals surface area contributed by atoms with Crippen LogP contribution in [0.15, 0.2) is 23.1 Å². The van der Waals surface area contributed by atoms with Crippen molar-refractivity contribution in [3.63, 3.8) is 0 Å². The van der Waals surface area contributed by atoms with Gasteiger partial charge in [-0.25, -0.2) is 4.98 Å². The lowest BCUT2D eigenvalue weighted by Gasteiger charge is -2.27. The molecule has 1 aliphatic heterocycles. The van der Waals surface area contributed by atoms with Gasteiger partial charge in [-0.2, -0.15) is 0 Å². The van der Waals surface area contributed by atoms with Crippen molar-refractivity contribution in [2.24, 2.45) is 0 Å². The first-order valence-electron chi connectivity index (χ1n) is 6.18. The van der Waals surface area contributed by atoms with Crippen molar-refractivity contribution in [1.82, 2.24) is 19.8 Å². The number of thiazole rings is 1. The standard InChI is InChI=1S/C12H14N4O2S/c17-10(15-6-4-13-5-7-15)8-16-9-2-1-3-14-11(9)19-12(16)18/h1-3,13H,4-8H2. The highest BCUT2D eigenvalue weighted by Gasteiger charge is 2.18. The first-order valence-corrected chi connectivity index (χ1v) is 7.00. The second-order valence-corrected chi connectivity index (χ2v) is 5.35. The maximum absolute atomic E-state index is 12.2. The van der Waals surface area contributed by atoms with Crippen molar-refractivity contribution in [3.8, 4) is 0 Å². The van der Waals surface area contributed by atoms with Crippen LogP contribution in [-0.2, 0) is 11.3 Å². The van der Waals surface area contributed by atoms with Crippen LogP contribution in [0.1, 0.15) is 0 Å². The van der Waals surface area contributed by atoms with Crippen molar-refractivity contribution >= 4 is 27.6 Å². The molecule has 7 heteroatoms. The van der Waals surface area contributed by atoms with Gasteiger partial charge in [-0.15, -0.1) is 0 Å². The smallest absolute Gasteiger partial charge is 0.310 e. The summed E-state index contributed by atoms with van der Waals surface area (Å²) in [6.07, 6.45) is 1.65. The number of rotatable bonds is 2. The average Bonchev–Trinajstić information content (AvgIpc) is 2.76. The molecule has 0 bridgehead atoms. The number of amides is 1. The summed E-state index contributed by atoms with van der Waals surface area (Å²) >= 11 is 1.08. The molecular formula is C12H14N4O2S. The number of piperazine rings is 1. The normalized spacial score (nSPS) is 15.9. The van der Waals surface area contributed by atoms with Gasteiger partial charge in [-0.1, -0.05) is 11.3 Å². The molecular weight excluding hydrogens is 264 g/mol. The maximum atomic E-state index is 12.2. The van der Waals surface area contributed by atoms with Crippen LogP contribution >= 0.6 is 11.3 Å². The van der Waals surface area contributed by atoms with Gasteiger partial charge in [0.1, 0.15) is 11.4 Å². The Morgan fingerprint density at radius 1 is 1.42 bits per heavy atom. The van der Waals surface area contributed by atoms with E-state index in [2.05, 4.69) is 10.3 Å². The molecule has 0 unspecified atom stereocenters. The van der Waals surface area contributed by atoms with E-state index in [0.717, 1.165) is 29.9 Å². The molecule has 0 aromatic carbocycles. The zero-order valence-corrected chi connectivity index (χ0v) is 11.2. The summed E-state index contributed by atoms with van der Waals surface area (Å²) in [7, 11) is 0. The molecule has 1 amide bonds. The topological polar surface area (TPSA) is 67.2 Å². The number of carbonyl (C=O) groups excluding carboxylic acids is 1. The molecule has 0 atom stereocenters. The van der Waals surface area contributed by atoms with Crippen LogP contribution in [0.3, 0.4) is 0 Å². The lowest BCUT2D eigenvalue weighted by Crippen LogP contribution is -2.47. The van der Waals surface area contributed by atoms with Gasteiger partial charge < -0.3 is 10.2 Å². The highest BCUT2D eigenvalue weighted by Crippen LogP contribution is 2.13. The summed E-state index contributed by atoms with van der Waals surface area (Å²) in [6, 6.07) is 3.60. The van der Waals surface area contributed by atoms with Crippen LogP contribution < -0.4 is 10.2 Å². The SMILES string of the molecule is O=C(Cn1c(=O)sc2ncccc21)N1CCNCC1. The van der Waals surface area contributed by atoms with E-state index in [9.17, 15) is 9.59 Å². The predicted molar refractivity (Wildman–Crippen MR) is 73.3 cm³/mol. The first kappa shape index (κ1) is 12.3. The van der Waals surface area contributed by atoms with E-state index in [4.69, 9.17) is 0 Å². The molecule has 19 heavy (non-hydrogen) atoms. The predicted octanol–water partition coefficient (Wildman–Crippen LogP) is -0.110. The van der Waals surface area contributed by atoms with E-state index in [1.807, 2.05) is 6.07 Å². The third kappa shape index (κ3) is 2.39. The highest BCUT2D eigenvalue weighted by atomic mass is 32.1. The Bertz CT molecular complexity index is 657. The van der Waals surface area contributed by atoms with E-state index in [-0.39, 0.29) is 17.3 Å². The molecule has 1 fully saturated rings. The summed E-state index contributed by atoms with van der Waals surface area (Å²) in [6.45, 7) is 3.13. The quantitative estimate of drug-likeness (QED) is 0.832. The Hall–Kier alpha value is -1.73. The maximum Gasteiger partial charge on any atom is 0.310 e. The number of nitrogens with one attached hydrogen (secondary N) is 1. The molecule has 1 aliphatic rings. The highest BCUT2D eigenvalue weighted by molar-refractivity contribution is 7.16. The summed E-state index contributed by atoms with van der Waals surface area (Å²) in [4.78, 5) is 30.6. The van der Waals surface area contributed by atoms with Crippen molar-refractivity contribution in [3.05, 3.63) is 28.0 Å².